The maximum absolute atomic E-state index is 5.88. The van der Waals surface area contributed by atoms with E-state index in [4.69, 9.17) is 23.2 Å². The third-order valence-electron chi connectivity index (χ3n) is 2.51. The maximum Gasteiger partial charge on any atom is 0.148 e. The van der Waals surface area contributed by atoms with Crippen LogP contribution in [0.15, 0.2) is 4.47 Å². The Morgan fingerprint density at radius 1 is 1.21 bits per heavy atom. The smallest absolute Gasteiger partial charge is 0.148 e. The minimum Gasteiger partial charge on any atom is -0.220 e. The van der Waals surface area contributed by atoms with E-state index in [-0.39, 0.29) is 0 Å². The SMILES string of the molecule is Clc1nc(CC2CCC2)nc(Cl)c1Br. The molecule has 0 aliphatic heterocycles. The molecule has 1 aromatic heterocycles. The largest absolute Gasteiger partial charge is 0.220 e. The lowest BCUT2D eigenvalue weighted by Crippen LogP contribution is -2.15. The highest BCUT2D eigenvalue weighted by atomic mass is 79.9. The van der Waals surface area contributed by atoms with Crippen LogP contribution in [-0.2, 0) is 6.42 Å². The third-order valence-corrected chi connectivity index (χ3v) is 4.27. The van der Waals surface area contributed by atoms with Gasteiger partial charge in [0.15, 0.2) is 0 Å². The Bertz CT molecular complexity index is 330. The average molecular weight is 296 g/mol. The second kappa shape index (κ2) is 4.33. The molecule has 5 heteroatoms. The number of hydrogen-bond donors (Lipinski definition) is 0. The van der Waals surface area contributed by atoms with Gasteiger partial charge in [0.1, 0.15) is 16.1 Å². The van der Waals surface area contributed by atoms with Gasteiger partial charge in [0.05, 0.1) is 4.47 Å². The van der Waals surface area contributed by atoms with Crippen LogP contribution in [0.2, 0.25) is 10.3 Å². The van der Waals surface area contributed by atoms with Crippen molar-refractivity contribution in [3.05, 3.63) is 20.6 Å². The summed E-state index contributed by atoms with van der Waals surface area (Å²) in [6.07, 6.45) is 4.76. The Labute approximate surface area is 101 Å². The average Bonchev–Trinajstić information content (AvgIpc) is 2.07. The van der Waals surface area contributed by atoms with Crippen molar-refractivity contribution in [3.63, 3.8) is 0 Å². The van der Waals surface area contributed by atoms with Crippen LogP contribution in [0.5, 0.6) is 0 Å². The quantitative estimate of drug-likeness (QED) is 0.774. The summed E-state index contributed by atoms with van der Waals surface area (Å²) >= 11 is 15.0. The Balaban J connectivity index is 2.17. The molecule has 0 amide bonds. The van der Waals surface area contributed by atoms with E-state index < -0.39 is 0 Å². The van der Waals surface area contributed by atoms with E-state index >= 15 is 0 Å². The first-order valence-electron chi connectivity index (χ1n) is 4.54. The number of hydrogen-bond acceptors (Lipinski definition) is 2. The van der Waals surface area contributed by atoms with E-state index in [1.165, 1.54) is 19.3 Å². The summed E-state index contributed by atoms with van der Waals surface area (Å²) in [6.45, 7) is 0. The van der Waals surface area contributed by atoms with Crippen molar-refractivity contribution in [2.75, 3.05) is 0 Å². The van der Waals surface area contributed by atoms with Gasteiger partial charge in [-0.1, -0.05) is 42.5 Å². The summed E-state index contributed by atoms with van der Waals surface area (Å²) in [4.78, 5) is 8.36. The van der Waals surface area contributed by atoms with Crippen LogP contribution in [0, 0.1) is 5.92 Å². The van der Waals surface area contributed by atoms with Crippen LogP contribution < -0.4 is 0 Å². The predicted molar refractivity (Wildman–Crippen MR) is 60.8 cm³/mol. The van der Waals surface area contributed by atoms with Gasteiger partial charge < -0.3 is 0 Å². The van der Waals surface area contributed by atoms with E-state index in [1.807, 2.05) is 0 Å². The van der Waals surface area contributed by atoms with Crippen LogP contribution in [0.4, 0.5) is 0 Å². The topological polar surface area (TPSA) is 25.8 Å². The van der Waals surface area contributed by atoms with Gasteiger partial charge in [-0.25, -0.2) is 9.97 Å². The molecule has 0 bridgehead atoms. The summed E-state index contributed by atoms with van der Waals surface area (Å²) in [5, 5.41) is 0.804. The highest BCUT2D eigenvalue weighted by molar-refractivity contribution is 9.10. The molecule has 0 unspecified atom stereocenters. The lowest BCUT2D eigenvalue weighted by atomic mass is 9.83. The summed E-state index contributed by atoms with van der Waals surface area (Å²) in [5.74, 6) is 1.48. The minimum atomic E-state index is 0.402. The molecule has 1 fully saturated rings. The van der Waals surface area contributed by atoms with Crippen LogP contribution in [0.3, 0.4) is 0 Å². The normalized spacial score (nSPS) is 16.8. The highest BCUT2D eigenvalue weighted by Gasteiger charge is 2.20. The molecular formula is C9H9BrCl2N2. The molecule has 2 nitrogen and oxygen atoms in total. The molecule has 1 saturated carbocycles. The van der Waals surface area contributed by atoms with E-state index in [9.17, 15) is 0 Å². The number of rotatable bonds is 2. The number of nitrogens with zero attached hydrogens (tertiary/aromatic N) is 2. The molecule has 1 aromatic rings. The van der Waals surface area contributed by atoms with Gasteiger partial charge in [-0.3, -0.25) is 0 Å². The van der Waals surface area contributed by atoms with Gasteiger partial charge in [-0.15, -0.1) is 0 Å². The van der Waals surface area contributed by atoms with Crippen LogP contribution >= 0.6 is 39.1 Å². The van der Waals surface area contributed by atoms with Crippen molar-refractivity contribution in [2.45, 2.75) is 25.7 Å². The molecule has 0 N–H and O–H groups in total. The van der Waals surface area contributed by atoms with Gasteiger partial charge in [0.2, 0.25) is 0 Å². The second-order valence-corrected chi connectivity index (χ2v) is 5.05. The third kappa shape index (κ3) is 2.20. The first kappa shape index (κ1) is 10.7. The van der Waals surface area contributed by atoms with Crippen LogP contribution in [0.1, 0.15) is 25.1 Å². The minimum absolute atomic E-state index is 0.402. The highest BCUT2D eigenvalue weighted by Crippen LogP contribution is 2.31. The van der Waals surface area contributed by atoms with Crippen molar-refractivity contribution in [3.8, 4) is 0 Å². The summed E-state index contributed by atoms with van der Waals surface area (Å²) in [6, 6.07) is 0. The van der Waals surface area contributed by atoms with E-state index in [1.54, 1.807) is 0 Å². The van der Waals surface area contributed by atoms with Crippen molar-refractivity contribution >= 4 is 39.1 Å². The molecule has 0 aromatic carbocycles. The summed E-state index contributed by atoms with van der Waals surface area (Å²) in [5.41, 5.74) is 0. The number of halogens is 3. The van der Waals surface area contributed by atoms with E-state index in [2.05, 4.69) is 25.9 Å². The molecular weight excluding hydrogens is 287 g/mol. The zero-order valence-corrected chi connectivity index (χ0v) is 10.5. The molecule has 0 spiro atoms. The standard InChI is InChI=1S/C9H9BrCl2N2/c10-7-8(11)13-6(14-9(7)12)4-5-2-1-3-5/h5H,1-4H2. The first-order valence-corrected chi connectivity index (χ1v) is 6.09. The zero-order chi connectivity index (χ0) is 10.1. The van der Waals surface area contributed by atoms with E-state index in [0.29, 0.717) is 14.8 Å². The molecule has 1 aliphatic rings. The van der Waals surface area contributed by atoms with Gasteiger partial charge in [0.25, 0.3) is 0 Å². The lowest BCUT2D eigenvalue weighted by molar-refractivity contribution is 0.309. The van der Waals surface area contributed by atoms with Gasteiger partial charge in [-0.05, 0) is 21.8 Å². The van der Waals surface area contributed by atoms with Crippen LogP contribution in [0.25, 0.3) is 0 Å². The van der Waals surface area contributed by atoms with Crippen molar-refractivity contribution in [1.82, 2.24) is 9.97 Å². The Kier molecular flexibility index (Phi) is 3.30. The number of aromatic nitrogens is 2. The van der Waals surface area contributed by atoms with Crippen molar-refractivity contribution in [1.29, 1.82) is 0 Å². The zero-order valence-electron chi connectivity index (χ0n) is 7.43. The Morgan fingerprint density at radius 2 is 1.79 bits per heavy atom. The monoisotopic (exact) mass is 294 g/mol. The predicted octanol–water partition coefficient (Wildman–Crippen LogP) is 3.89. The van der Waals surface area contributed by atoms with Crippen LogP contribution in [-0.4, -0.2) is 9.97 Å². The molecule has 0 saturated heterocycles. The summed E-state index contributed by atoms with van der Waals surface area (Å²) in [7, 11) is 0. The first-order chi connectivity index (χ1) is 6.66. The molecule has 0 atom stereocenters. The Hall–Kier alpha value is 0.140. The Morgan fingerprint density at radius 3 is 2.21 bits per heavy atom. The molecule has 0 radical (unpaired) electrons. The lowest BCUT2D eigenvalue weighted by Gasteiger charge is -2.24. The van der Waals surface area contributed by atoms with Crippen molar-refractivity contribution in [2.24, 2.45) is 5.92 Å². The molecule has 14 heavy (non-hydrogen) atoms. The fourth-order valence-electron chi connectivity index (χ4n) is 1.48. The molecule has 1 aliphatic carbocycles. The van der Waals surface area contributed by atoms with Gasteiger partial charge >= 0.3 is 0 Å². The molecule has 2 rings (SSSR count). The van der Waals surface area contributed by atoms with E-state index in [0.717, 1.165) is 18.2 Å². The maximum atomic E-state index is 5.88. The molecule has 1 heterocycles. The fourth-order valence-corrected chi connectivity index (χ4v) is 2.08. The molecule has 76 valence electrons. The van der Waals surface area contributed by atoms with Crippen molar-refractivity contribution < 1.29 is 0 Å². The summed E-state index contributed by atoms with van der Waals surface area (Å²) < 4.78 is 0.582. The van der Waals surface area contributed by atoms with Gasteiger partial charge in [0, 0.05) is 6.42 Å². The fraction of sp³-hybridized carbons (Fsp3) is 0.556. The second-order valence-electron chi connectivity index (χ2n) is 3.54. The van der Waals surface area contributed by atoms with Gasteiger partial charge in [-0.2, -0.15) is 0 Å².